The van der Waals surface area contributed by atoms with E-state index in [0.717, 1.165) is 33.2 Å². The lowest BCUT2D eigenvalue weighted by molar-refractivity contribution is -0.122. The molecule has 0 bridgehead atoms. The van der Waals surface area contributed by atoms with Gasteiger partial charge < -0.3 is 24.3 Å². The maximum absolute atomic E-state index is 13.3. The summed E-state index contributed by atoms with van der Waals surface area (Å²) in [7, 11) is 1.63. The summed E-state index contributed by atoms with van der Waals surface area (Å²) in [6.45, 7) is 5.73. The molecule has 42 heavy (non-hydrogen) atoms. The van der Waals surface area contributed by atoms with Crippen LogP contribution in [0.2, 0.25) is 0 Å². The minimum atomic E-state index is -0.166. The molecule has 0 radical (unpaired) electrons. The van der Waals surface area contributed by atoms with E-state index in [1.165, 1.54) is 0 Å². The molecule has 0 aliphatic carbocycles. The Morgan fingerprint density at radius 2 is 1.60 bits per heavy atom. The van der Waals surface area contributed by atoms with Crippen LogP contribution in [0.25, 0.3) is 16.8 Å². The number of nitrogens with zero attached hydrogens (tertiary/aromatic N) is 1. The smallest absolute Gasteiger partial charge is 0.276 e. The summed E-state index contributed by atoms with van der Waals surface area (Å²) >= 11 is 5.51. The van der Waals surface area contributed by atoms with Crippen LogP contribution >= 0.6 is 12.2 Å². The van der Waals surface area contributed by atoms with Crippen LogP contribution in [0.4, 0.5) is 0 Å². The fourth-order valence-corrected chi connectivity index (χ4v) is 5.14. The predicted molar refractivity (Wildman–Crippen MR) is 169 cm³/mol. The first-order chi connectivity index (χ1) is 20.5. The van der Waals surface area contributed by atoms with Crippen molar-refractivity contribution in [1.29, 1.82) is 0 Å². The van der Waals surface area contributed by atoms with E-state index in [2.05, 4.69) is 17.4 Å². The fraction of sp³-hybridized carbons (Fsp3) is 0.235. The number of hydrogen-bond donors (Lipinski definition) is 1. The van der Waals surface area contributed by atoms with Crippen molar-refractivity contribution in [2.24, 2.45) is 0 Å². The fourth-order valence-electron chi connectivity index (χ4n) is 4.85. The molecule has 1 aliphatic rings. The molecule has 0 spiro atoms. The van der Waals surface area contributed by atoms with Gasteiger partial charge in [0.1, 0.15) is 23.8 Å². The second-order valence-electron chi connectivity index (χ2n) is 9.71. The van der Waals surface area contributed by atoms with E-state index in [4.69, 9.17) is 31.2 Å². The van der Waals surface area contributed by atoms with Crippen molar-refractivity contribution in [3.05, 3.63) is 101 Å². The van der Waals surface area contributed by atoms with Gasteiger partial charge in [0.05, 0.1) is 20.3 Å². The van der Waals surface area contributed by atoms with Gasteiger partial charge in [0.25, 0.3) is 5.91 Å². The van der Waals surface area contributed by atoms with E-state index in [0.29, 0.717) is 60.8 Å². The lowest BCUT2D eigenvalue weighted by atomic mass is 10.1. The zero-order chi connectivity index (χ0) is 29.5. The predicted octanol–water partition coefficient (Wildman–Crippen LogP) is 6.53. The Kier molecular flexibility index (Phi) is 9.24. The van der Waals surface area contributed by atoms with Crippen LogP contribution in [0.1, 0.15) is 30.5 Å². The molecule has 1 N–H and O–H groups in total. The standard InChI is InChI=1S/C34H34N2O5S/c1-4-39-31-15-10-23(20-32(31)40-5-2)16-17-36-33(37)29(35-34(36)42)19-24-11-14-30(38-3)27(18-24)22-41-28-13-12-25-8-6-7-9-26(25)21-28/h6-15,18-21H,4-5,16-17,22H2,1-3H3,(H,35,42)/b29-19+. The van der Waals surface area contributed by atoms with Crippen LogP contribution in [0.5, 0.6) is 23.0 Å². The van der Waals surface area contributed by atoms with Gasteiger partial charge in [-0.15, -0.1) is 0 Å². The second-order valence-corrected chi connectivity index (χ2v) is 10.1. The molecule has 1 saturated heterocycles. The van der Waals surface area contributed by atoms with Gasteiger partial charge in [-0.25, -0.2) is 0 Å². The number of thiocarbonyl (C=S) groups is 1. The highest BCUT2D eigenvalue weighted by atomic mass is 32.1. The Bertz CT molecular complexity index is 1630. The first-order valence-electron chi connectivity index (χ1n) is 14.0. The van der Waals surface area contributed by atoms with E-state index in [1.54, 1.807) is 18.1 Å². The lowest BCUT2D eigenvalue weighted by Gasteiger charge is -2.16. The molecule has 1 heterocycles. The molecule has 5 rings (SSSR count). The summed E-state index contributed by atoms with van der Waals surface area (Å²) in [5.41, 5.74) is 3.15. The average Bonchev–Trinajstić information content (AvgIpc) is 3.27. The summed E-state index contributed by atoms with van der Waals surface area (Å²) in [5, 5.41) is 5.74. The van der Waals surface area contributed by atoms with Crippen molar-refractivity contribution >= 4 is 40.1 Å². The highest BCUT2D eigenvalue weighted by Crippen LogP contribution is 2.29. The van der Waals surface area contributed by atoms with Crippen LogP contribution in [0, 0.1) is 0 Å². The number of carbonyl (C=O) groups excluding carboxylic acids is 1. The summed E-state index contributed by atoms with van der Waals surface area (Å²) in [5.74, 6) is 2.73. The monoisotopic (exact) mass is 582 g/mol. The Balaban J connectivity index is 1.27. The third-order valence-corrected chi connectivity index (χ3v) is 7.25. The number of methoxy groups -OCH3 is 1. The van der Waals surface area contributed by atoms with Gasteiger partial charge in [0.2, 0.25) is 0 Å². The van der Waals surface area contributed by atoms with Gasteiger partial charge in [0, 0.05) is 12.1 Å². The van der Waals surface area contributed by atoms with Gasteiger partial charge in [-0.3, -0.25) is 9.69 Å². The number of fused-ring (bicyclic) bond motifs is 1. The molecule has 0 unspecified atom stereocenters. The number of hydrogen-bond acceptors (Lipinski definition) is 6. The molecule has 1 amide bonds. The molecule has 4 aromatic carbocycles. The summed E-state index contributed by atoms with van der Waals surface area (Å²) < 4.78 is 23.1. The molecule has 4 aromatic rings. The number of amides is 1. The second kappa shape index (κ2) is 13.4. The van der Waals surface area contributed by atoms with E-state index in [9.17, 15) is 4.79 Å². The molecule has 0 saturated carbocycles. The van der Waals surface area contributed by atoms with E-state index in [-0.39, 0.29) is 5.91 Å². The minimum absolute atomic E-state index is 0.166. The van der Waals surface area contributed by atoms with Crippen molar-refractivity contribution in [2.75, 3.05) is 26.9 Å². The van der Waals surface area contributed by atoms with Gasteiger partial charge in [-0.2, -0.15) is 0 Å². The Labute approximate surface area is 251 Å². The molecule has 1 fully saturated rings. The van der Waals surface area contributed by atoms with E-state index < -0.39 is 0 Å². The lowest BCUT2D eigenvalue weighted by Crippen LogP contribution is -2.32. The molecular formula is C34H34N2O5S. The molecule has 216 valence electrons. The maximum Gasteiger partial charge on any atom is 0.276 e. The van der Waals surface area contributed by atoms with Gasteiger partial charge >= 0.3 is 0 Å². The topological polar surface area (TPSA) is 69.3 Å². The van der Waals surface area contributed by atoms with Gasteiger partial charge in [-0.05, 0) is 96.9 Å². The van der Waals surface area contributed by atoms with Crippen LogP contribution in [-0.4, -0.2) is 42.8 Å². The van der Waals surface area contributed by atoms with Crippen molar-refractivity contribution in [3.63, 3.8) is 0 Å². The Hall–Kier alpha value is -4.56. The number of rotatable bonds is 12. The van der Waals surface area contributed by atoms with E-state index in [1.807, 2.05) is 80.6 Å². The van der Waals surface area contributed by atoms with Crippen LogP contribution in [-0.2, 0) is 17.8 Å². The Morgan fingerprint density at radius 1 is 0.833 bits per heavy atom. The summed E-state index contributed by atoms with van der Waals surface area (Å²) in [6.07, 6.45) is 2.42. The zero-order valence-corrected chi connectivity index (χ0v) is 24.8. The molecule has 7 nitrogen and oxygen atoms in total. The minimum Gasteiger partial charge on any atom is -0.496 e. The molecule has 0 atom stereocenters. The SMILES string of the molecule is CCOc1ccc(CCN2C(=O)/C(=C\c3ccc(OC)c(COc4ccc5ccccc5c4)c3)NC2=S)cc1OCC. The normalized spacial score (nSPS) is 13.9. The Morgan fingerprint density at radius 3 is 2.38 bits per heavy atom. The highest BCUT2D eigenvalue weighted by Gasteiger charge is 2.30. The van der Waals surface area contributed by atoms with Crippen LogP contribution < -0.4 is 24.3 Å². The summed E-state index contributed by atoms with van der Waals surface area (Å²) in [6, 6.07) is 25.8. The molecule has 8 heteroatoms. The molecule has 1 aliphatic heterocycles. The van der Waals surface area contributed by atoms with Crippen molar-refractivity contribution in [2.45, 2.75) is 26.9 Å². The third kappa shape index (κ3) is 6.66. The third-order valence-electron chi connectivity index (χ3n) is 6.92. The zero-order valence-electron chi connectivity index (χ0n) is 24.0. The molecule has 0 aromatic heterocycles. The largest absolute Gasteiger partial charge is 0.496 e. The van der Waals surface area contributed by atoms with Crippen molar-refractivity contribution < 1.29 is 23.7 Å². The number of ether oxygens (including phenoxy) is 4. The van der Waals surface area contributed by atoms with Crippen LogP contribution in [0.15, 0.2) is 84.6 Å². The first kappa shape index (κ1) is 29.0. The van der Waals surface area contributed by atoms with Crippen LogP contribution in [0.3, 0.4) is 0 Å². The highest BCUT2D eigenvalue weighted by molar-refractivity contribution is 7.80. The van der Waals surface area contributed by atoms with Crippen molar-refractivity contribution in [1.82, 2.24) is 10.2 Å². The maximum atomic E-state index is 13.3. The first-order valence-corrected chi connectivity index (χ1v) is 14.4. The van der Waals surface area contributed by atoms with E-state index >= 15 is 0 Å². The number of carbonyl (C=O) groups is 1. The summed E-state index contributed by atoms with van der Waals surface area (Å²) in [4.78, 5) is 14.9. The van der Waals surface area contributed by atoms with Crippen molar-refractivity contribution in [3.8, 4) is 23.0 Å². The average molecular weight is 583 g/mol. The number of nitrogens with one attached hydrogen (secondary N) is 1. The van der Waals surface area contributed by atoms with Gasteiger partial charge in [0.15, 0.2) is 16.6 Å². The number of benzene rings is 4. The quantitative estimate of drug-likeness (QED) is 0.151. The van der Waals surface area contributed by atoms with Gasteiger partial charge in [-0.1, -0.05) is 42.5 Å². The molecular weight excluding hydrogens is 548 g/mol.